The van der Waals surface area contributed by atoms with E-state index in [4.69, 9.17) is 0 Å². The average Bonchev–Trinajstić information content (AvgIpc) is 3.26. The number of aromatic nitrogens is 1. The van der Waals surface area contributed by atoms with Crippen molar-refractivity contribution >= 4 is 43.2 Å². The maximum absolute atomic E-state index is 12.6. The molecule has 6 nitrogen and oxygen atoms in total. The van der Waals surface area contributed by atoms with Gasteiger partial charge in [-0.2, -0.15) is 4.31 Å². The highest BCUT2D eigenvalue weighted by atomic mass is 32.2. The van der Waals surface area contributed by atoms with Crippen molar-refractivity contribution in [1.29, 1.82) is 0 Å². The van der Waals surface area contributed by atoms with Crippen LogP contribution in [-0.2, 0) is 10.0 Å². The van der Waals surface area contributed by atoms with Crippen LogP contribution >= 0.6 is 11.3 Å². The number of amides is 1. The Hall–Kier alpha value is -3.07. The summed E-state index contributed by atoms with van der Waals surface area (Å²) in [5, 5.41) is 7.46. The third kappa shape index (κ3) is 4.43. The molecule has 0 aliphatic carbocycles. The molecule has 4 aromatic rings. The first-order chi connectivity index (χ1) is 15.3. The lowest BCUT2D eigenvalue weighted by Crippen LogP contribution is -2.33. The lowest BCUT2D eigenvalue weighted by molar-refractivity contribution is 0.102. The van der Waals surface area contributed by atoms with Crippen molar-refractivity contribution < 1.29 is 13.2 Å². The van der Waals surface area contributed by atoms with E-state index in [2.05, 4.69) is 34.6 Å². The van der Waals surface area contributed by atoms with Crippen molar-refractivity contribution in [3.05, 3.63) is 77.7 Å². The van der Waals surface area contributed by atoms with E-state index in [1.807, 2.05) is 23.6 Å². The summed E-state index contributed by atoms with van der Waals surface area (Å²) in [6, 6.07) is 20.0. The SMILES string of the molecule is CC(C)N(C)S(=O)(=O)c1ccc(C(=O)Nc2nc(-c3ccc4ccccc4c3)cs2)cc1. The predicted octanol–water partition coefficient (Wildman–Crippen LogP) is 5.24. The summed E-state index contributed by atoms with van der Waals surface area (Å²) in [6.07, 6.45) is 0. The van der Waals surface area contributed by atoms with Crippen LogP contribution in [0.1, 0.15) is 24.2 Å². The van der Waals surface area contributed by atoms with Gasteiger partial charge in [-0.05, 0) is 55.0 Å². The monoisotopic (exact) mass is 465 g/mol. The van der Waals surface area contributed by atoms with Gasteiger partial charge in [0.25, 0.3) is 5.91 Å². The molecule has 0 fully saturated rings. The van der Waals surface area contributed by atoms with Crippen LogP contribution in [0.2, 0.25) is 0 Å². The second-order valence-corrected chi connectivity index (χ2v) is 10.5. The van der Waals surface area contributed by atoms with Crippen molar-refractivity contribution in [3.63, 3.8) is 0 Å². The molecule has 8 heteroatoms. The molecule has 0 unspecified atom stereocenters. The van der Waals surface area contributed by atoms with Crippen LogP contribution in [0.4, 0.5) is 5.13 Å². The van der Waals surface area contributed by atoms with Gasteiger partial charge in [-0.3, -0.25) is 10.1 Å². The first kappa shape index (κ1) is 22.1. The number of nitrogens with one attached hydrogen (secondary N) is 1. The summed E-state index contributed by atoms with van der Waals surface area (Å²) < 4.78 is 26.5. The zero-order valence-electron chi connectivity index (χ0n) is 17.9. The summed E-state index contributed by atoms with van der Waals surface area (Å²) in [7, 11) is -2.05. The second-order valence-electron chi connectivity index (χ2n) is 7.69. The molecule has 32 heavy (non-hydrogen) atoms. The van der Waals surface area contributed by atoms with Crippen molar-refractivity contribution in [1.82, 2.24) is 9.29 Å². The Bertz CT molecular complexity index is 1380. The van der Waals surface area contributed by atoms with Gasteiger partial charge in [0.15, 0.2) is 5.13 Å². The minimum absolute atomic E-state index is 0.151. The van der Waals surface area contributed by atoms with Gasteiger partial charge in [-0.25, -0.2) is 13.4 Å². The number of anilines is 1. The molecule has 164 valence electrons. The lowest BCUT2D eigenvalue weighted by atomic mass is 10.1. The van der Waals surface area contributed by atoms with Crippen LogP contribution in [0.25, 0.3) is 22.0 Å². The van der Waals surface area contributed by atoms with Crippen molar-refractivity contribution in [3.8, 4) is 11.3 Å². The normalized spacial score (nSPS) is 11.9. The fourth-order valence-corrected chi connectivity index (χ4v) is 5.29. The minimum atomic E-state index is -3.59. The number of fused-ring (bicyclic) bond motifs is 1. The smallest absolute Gasteiger partial charge is 0.257 e. The van der Waals surface area contributed by atoms with Crippen LogP contribution < -0.4 is 5.32 Å². The van der Waals surface area contributed by atoms with Gasteiger partial charge in [0.1, 0.15) is 0 Å². The van der Waals surface area contributed by atoms with Gasteiger partial charge < -0.3 is 0 Å². The molecule has 0 spiro atoms. The Balaban J connectivity index is 1.49. The Morgan fingerprint density at radius 1 is 1.00 bits per heavy atom. The van der Waals surface area contributed by atoms with Crippen LogP contribution in [0.3, 0.4) is 0 Å². The highest BCUT2D eigenvalue weighted by Crippen LogP contribution is 2.28. The topological polar surface area (TPSA) is 79.4 Å². The van der Waals surface area contributed by atoms with E-state index >= 15 is 0 Å². The number of sulfonamides is 1. The van der Waals surface area contributed by atoms with E-state index in [0.717, 1.165) is 22.0 Å². The van der Waals surface area contributed by atoms with Gasteiger partial charge in [-0.1, -0.05) is 36.4 Å². The lowest BCUT2D eigenvalue weighted by Gasteiger charge is -2.20. The highest BCUT2D eigenvalue weighted by molar-refractivity contribution is 7.89. The third-order valence-corrected chi connectivity index (χ3v) is 8.10. The zero-order chi connectivity index (χ0) is 22.9. The molecule has 1 heterocycles. The molecule has 1 aromatic heterocycles. The van der Waals surface area contributed by atoms with E-state index in [-0.39, 0.29) is 16.8 Å². The van der Waals surface area contributed by atoms with E-state index < -0.39 is 10.0 Å². The minimum Gasteiger partial charge on any atom is -0.298 e. The van der Waals surface area contributed by atoms with Crippen LogP contribution in [0.15, 0.2) is 77.0 Å². The van der Waals surface area contributed by atoms with Gasteiger partial charge in [-0.15, -0.1) is 11.3 Å². The molecule has 0 radical (unpaired) electrons. The molecule has 0 atom stereocenters. The number of rotatable bonds is 6. The molecule has 3 aromatic carbocycles. The molecule has 4 rings (SSSR count). The summed E-state index contributed by atoms with van der Waals surface area (Å²) in [5.41, 5.74) is 2.12. The van der Waals surface area contributed by atoms with Gasteiger partial charge in [0.05, 0.1) is 10.6 Å². The number of nitrogens with zero attached hydrogens (tertiary/aromatic N) is 2. The second kappa shape index (κ2) is 8.82. The quantitative estimate of drug-likeness (QED) is 0.422. The predicted molar refractivity (Wildman–Crippen MR) is 130 cm³/mol. The molecular formula is C24H23N3O3S2. The fourth-order valence-electron chi connectivity index (χ4n) is 3.20. The number of carbonyl (C=O) groups excluding carboxylic acids is 1. The maximum Gasteiger partial charge on any atom is 0.257 e. The number of hydrogen-bond acceptors (Lipinski definition) is 5. The third-order valence-electron chi connectivity index (χ3n) is 5.29. The van der Waals surface area contributed by atoms with E-state index in [9.17, 15) is 13.2 Å². The van der Waals surface area contributed by atoms with Crippen molar-refractivity contribution in [2.75, 3.05) is 12.4 Å². The van der Waals surface area contributed by atoms with Gasteiger partial charge in [0.2, 0.25) is 10.0 Å². The fraction of sp³-hybridized carbons (Fsp3) is 0.167. The summed E-state index contributed by atoms with van der Waals surface area (Å²) in [4.78, 5) is 17.3. The molecule has 0 aliphatic heterocycles. The van der Waals surface area contributed by atoms with Gasteiger partial charge in [0, 0.05) is 29.6 Å². The van der Waals surface area contributed by atoms with E-state index in [1.54, 1.807) is 13.8 Å². The number of benzene rings is 3. The molecular weight excluding hydrogens is 442 g/mol. The van der Waals surface area contributed by atoms with Crippen LogP contribution in [0.5, 0.6) is 0 Å². The van der Waals surface area contributed by atoms with Crippen LogP contribution in [-0.4, -0.2) is 36.7 Å². The summed E-state index contributed by atoms with van der Waals surface area (Å²) in [5.74, 6) is -0.342. The molecule has 0 saturated heterocycles. The first-order valence-electron chi connectivity index (χ1n) is 10.1. The Morgan fingerprint density at radius 3 is 2.38 bits per heavy atom. The van der Waals surface area contributed by atoms with E-state index in [1.165, 1.54) is 47.0 Å². The summed E-state index contributed by atoms with van der Waals surface area (Å²) >= 11 is 1.34. The average molecular weight is 466 g/mol. The number of thiazole rings is 1. The maximum atomic E-state index is 12.6. The largest absolute Gasteiger partial charge is 0.298 e. The molecule has 0 bridgehead atoms. The Morgan fingerprint density at radius 2 is 1.69 bits per heavy atom. The molecule has 1 N–H and O–H groups in total. The standard InChI is InChI=1S/C24H23N3O3S2/c1-16(2)27(3)32(29,30)21-12-10-18(11-13-21)23(28)26-24-25-22(15-31-24)20-9-8-17-6-4-5-7-19(17)14-20/h4-16H,1-3H3,(H,25,26,28). The number of hydrogen-bond donors (Lipinski definition) is 1. The number of carbonyl (C=O) groups is 1. The summed E-state index contributed by atoms with van der Waals surface area (Å²) in [6.45, 7) is 3.61. The van der Waals surface area contributed by atoms with Crippen LogP contribution in [0, 0.1) is 0 Å². The Kier molecular flexibility index (Phi) is 6.10. The zero-order valence-corrected chi connectivity index (χ0v) is 19.6. The molecule has 0 aliphatic rings. The van der Waals surface area contributed by atoms with Crippen molar-refractivity contribution in [2.45, 2.75) is 24.8 Å². The Labute approximate surface area is 191 Å². The van der Waals surface area contributed by atoms with E-state index in [0.29, 0.717) is 10.7 Å². The first-order valence-corrected chi connectivity index (χ1v) is 12.4. The highest BCUT2D eigenvalue weighted by Gasteiger charge is 2.23. The van der Waals surface area contributed by atoms with Crippen molar-refractivity contribution in [2.24, 2.45) is 0 Å². The molecule has 0 saturated carbocycles. The van der Waals surface area contributed by atoms with Gasteiger partial charge >= 0.3 is 0 Å². The molecule has 1 amide bonds.